The lowest BCUT2D eigenvalue weighted by atomic mass is 10.2. The number of amides is 2. The molecule has 2 aromatic carbocycles. The predicted octanol–water partition coefficient (Wildman–Crippen LogP) is 4.57. The maximum atomic E-state index is 13.7. The first kappa shape index (κ1) is 23.7. The van der Waals surface area contributed by atoms with Crippen LogP contribution in [0.25, 0.3) is 0 Å². The van der Waals surface area contributed by atoms with Gasteiger partial charge in [-0.1, -0.05) is 23.2 Å². The van der Waals surface area contributed by atoms with Crippen molar-refractivity contribution in [3.8, 4) is 5.75 Å². The van der Waals surface area contributed by atoms with Crippen molar-refractivity contribution in [1.29, 1.82) is 0 Å². The van der Waals surface area contributed by atoms with E-state index >= 15 is 0 Å². The second-order valence-electron chi connectivity index (χ2n) is 7.62. The summed E-state index contributed by atoms with van der Waals surface area (Å²) >= 11 is 12.0. The molecule has 1 saturated heterocycles. The van der Waals surface area contributed by atoms with Gasteiger partial charge >= 0.3 is 0 Å². The van der Waals surface area contributed by atoms with Crippen molar-refractivity contribution < 1.29 is 18.7 Å². The molecule has 2 amide bonds. The Hall–Kier alpha value is -3.43. The van der Waals surface area contributed by atoms with E-state index in [9.17, 15) is 14.0 Å². The molecule has 2 heterocycles. The van der Waals surface area contributed by atoms with Crippen molar-refractivity contribution in [3.05, 3.63) is 75.1 Å². The Bertz CT molecular complexity index is 1230. The van der Waals surface area contributed by atoms with E-state index in [0.717, 1.165) is 32.0 Å². The molecule has 3 aromatic rings. The van der Waals surface area contributed by atoms with E-state index in [1.54, 1.807) is 24.3 Å². The first-order chi connectivity index (χ1) is 16.3. The van der Waals surface area contributed by atoms with Crippen LogP contribution in [-0.2, 0) is 6.61 Å². The molecule has 3 N–H and O–H groups in total. The van der Waals surface area contributed by atoms with Gasteiger partial charge in [-0.3, -0.25) is 9.59 Å². The minimum absolute atomic E-state index is 0.0277. The number of nitrogen functional groups attached to an aromatic ring is 1. The van der Waals surface area contributed by atoms with Crippen LogP contribution in [0.2, 0.25) is 10.0 Å². The third kappa shape index (κ3) is 5.21. The van der Waals surface area contributed by atoms with Gasteiger partial charge in [0.2, 0.25) is 0 Å². The van der Waals surface area contributed by atoms with Crippen LogP contribution in [0.3, 0.4) is 0 Å². The van der Waals surface area contributed by atoms with Gasteiger partial charge in [0.1, 0.15) is 12.4 Å². The van der Waals surface area contributed by atoms with Gasteiger partial charge in [-0.2, -0.15) is 0 Å². The number of benzene rings is 2. The summed E-state index contributed by atoms with van der Waals surface area (Å²) in [6.45, 7) is 1.32. The number of halogens is 3. The quantitative estimate of drug-likeness (QED) is 0.476. The van der Waals surface area contributed by atoms with Crippen LogP contribution in [0, 0.1) is 5.82 Å². The Labute approximate surface area is 204 Å². The number of aromatic nitrogens is 2. The number of hydrogen-bond acceptors (Lipinski definition) is 6. The zero-order chi connectivity index (χ0) is 24.2. The van der Waals surface area contributed by atoms with Gasteiger partial charge in [0, 0.05) is 41.0 Å². The SMILES string of the molecule is Nc1nnc(C(=O)Nc2ccc(C(=O)N3CCCC3)cc2)cc1OCc1c(Cl)ccc(F)c1Cl. The van der Waals surface area contributed by atoms with Crippen molar-refractivity contribution >= 4 is 46.5 Å². The molecule has 0 unspecified atom stereocenters. The lowest BCUT2D eigenvalue weighted by molar-refractivity contribution is 0.0792. The van der Waals surface area contributed by atoms with Crippen LogP contribution >= 0.6 is 23.2 Å². The van der Waals surface area contributed by atoms with E-state index in [4.69, 9.17) is 33.7 Å². The molecule has 8 nitrogen and oxygen atoms in total. The summed E-state index contributed by atoms with van der Waals surface area (Å²) in [6.07, 6.45) is 2.02. The summed E-state index contributed by atoms with van der Waals surface area (Å²) in [5, 5.41) is 10.3. The molecule has 1 aliphatic heterocycles. The summed E-state index contributed by atoms with van der Waals surface area (Å²) in [7, 11) is 0. The van der Waals surface area contributed by atoms with Gasteiger partial charge in [-0.05, 0) is 49.2 Å². The lowest BCUT2D eigenvalue weighted by Gasteiger charge is -2.15. The second kappa shape index (κ2) is 10.2. The largest absolute Gasteiger partial charge is 0.485 e. The molecule has 0 atom stereocenters. The normalized spacial score (nSPS) is 13.1. The number of carbonyl (C=O) groups excluding carboxylic acids is 2. The molecule has 1 aromatic heterocycles. The highest BCUT2D eigenvalue weighted by molar-refractivity contribution is 6.36. The number of nitrogens with one attached hydrogen (secondary N) is 1. The zero-order valence-electron chi connectivity index (χ0n) is 17.9. The number of carbonyl (C=O) groups is 2. The van der Waals surface area contributed by atoms with Gasteiger partial charge in [0.05, 0.1) is 5.02 Å². The third-order valence-electron chi connectivity index (χ3n) is 5.31. The average Bonchev–Trinajstić information content (AvgIpc) is 3.37. The van der Waals surface area contributed by atoms with E-state index in [2.05, 4.69) is 15.5 Å². The molecular weight excluding hydrogens is 484 g/mol. The molecule has 11 heteroatoms. The minimum atomic E-state index is -0.640. The molecule has 0 radical (unpaired) electrons. The highest BCUT2D eigenvalue weighted by Gasteiger charge is 2.20. The van der Waals surface area contributed by atoms with Gasteiger partial charge in [-0.15, -0.1) is 10.2 Å². The van der Waals surface area contributed by atoms with Crippen molar-refractivity contribution in [1.82, 2.24) is 15.1 Å². The molecular formula is C23H20Cl2FN5O3. The number of nitrogens with zero attached hydrogens (tertiary/aromatic N) is 3. The fourth-order valence-corrected chi connectivity index (χ4v) is 3.94. The van der Waals surface area contributed by atoms with Crippen LogP contribution in [0.15, 0.2) is 42.5 Å². The highest BCUT2D eigenvalue weighted by atomic mass is 35.5. The van der Waals surface area contributed by atoms with E-state index in [0.29, 0.717) is 11.3 Å². The Balaban J connectivity index is 1.43. The van der Waals surface area contributed by atoms with E-state index < -0.39 is 11.7 Å². The Morgan fingerprint density at radius 2 is 1.79 bits per heavy atom. The van der Waals surface area contributed by atoms with Crippen molar-refractivity contribution in [3.63, 3.8) is 0 Å². The van der Waals surface area contributed by atoms with Crippen LogP contribution in [0.1, 0.15) is 39.3 Å². The fourth-order valence-electron chi connectivity index (χ4n) is 3.46. The van der Waals surface area contributed by atoms with Gasteiger partial charge in [0.25, 0.3) is 11.8 Å². The monoisotopic (exact) mass is 503 g/mol. The molecule has 0 spiro atoms. The highest BCUT2D eigenvalue weighted by Crippen LogP contribution is 2.29. The Kier molecular flexibility index (Phi) is 7.14. The summed E-state index contributed by atoms with van der Waals surface area (Å²) in [6, 6.07) is 10.4. The molecule has 34 heavy (non-hydrogen) atoms. The number of rotatable bonds is 6. The minimum Gasteiger partial charge on any atom is -0.485 e. The average molecular weight is 504 g/mol. The Morgan fingerprint density at radius 3 is 2.50 bits per heavy atom. The fraction of sp³-hybridized carbons (Fsp3) is 0.217. The van der Waals surface area contributed by atoms with Gasteiger partial charge in [-0.25, -0.2) is 4.39 Å². The van der Waals surface area contributed by atoms with E-state index in [1.165, 1.54) is 12.1 Å². The number of hydrogen-bond donors (Lipinski definition) is 2. The van der Waals surface area contributed by atoms with Gasteiger partial charge in [0.15, 0.2) is 17.3 Å². The molecule has 1 fully saturated rings. The number of likely N-dealkylation sites (tertiary alicyclic amines) is 1. The number of nitrogens with two attached hydrogens (primary N) is 1. The van der Waals surface area contributed by atoms with Crippen LogP contribution < -0.4 is 15.8 Å². The standard InChI is InChI=1S/C23H20Cl2FN5O3/c24-16-7-8-17(26)20(25)15(16)12-34-19-11-18(29-30-21(19)27)22(32)28-14-5-3-13(4-6-14)23(33)31-9-1-2-10-31/h3-8,11H,1-2,9-10,12H2,(H2,27,30)(H,28,32). The summed E-state index contributed by atoms with van der Waals surface area (Å²) in [4.78, 5) is 26.9. The summed E-state index contributed by atoms with van der Waals surface area (Å²) in [5.41, 5.74) is 7.00. The molecule has 0 bridgehead atoms. The first-order valence-corrected chi connectivity index (χ1v) is 11.2. The number of anilines is 2. The maximum Gasteiger partial charge on any atom is 0.276 e. The molecule has 0 aliphatic carbocycles. The number of ether oxygens (including phenoxy) is 1. The van der Waals surface area contributed by atoms with Crippen molar-refractivity contribution in [2.24, 2.45) is 0 Å². The predicted molar refractivity (Wildman–Crippen MR) is 127 cm³/mol. The van der Waals surface area contributed by atoms with Gasteiger partial charge < -0.3 is 20.7 Å². The zero-order valence-corrected chi connectivity index (χ0v) is 19.4. The molecule has 176 valence electrons. The van der Waals surface area contributed by atoms with Crippen LogP contribution in [0.4, 0.5) is 15.9 Å². The van der Waals surface area contributed by atoms with Crippen LogP contribution in [0.5, 0.6) is 5.75 Å². The smallest absolute Gasteiger partial charge is 0.276 e. The maximum absolute atomic E-state index is 13.7. The van der Waals surface area contributed by atoms with E-state index in [1.807, 2.05) is 4.90 Å². The molecule has 1 aliphatic rings. The van der Waals surface area contributed by atoms with Crippen molar-refractivity contribution in [2.75, 3.05) is 24.1 Å². The first-order valence-electron chi connectivity index (χ1n) is 10.4. The summed E-state index contributed by atoms with van der Waals surface area (Å²) < 4.78 is 19.3. The second-order valence-corrected chi connectivity index (χ2v) is 8.41. The van der Waals surface area contributed by atoms with Crippen molar-refractivity contribution in [2.45, 2.75) is 19.4 Å². The van der Waals surface area contributed by atoms with E-state index in [-0.39, 0.29) is 45.4 Å². The topological polar surface area (TPSA) is 110 Å². The third-order valence-corrected chi connectivity index (χ3v) is 6.08. The molecule has 0 saturated carbocycles. The van der Waals surface area contributed by atoms with Crippen LogP contribution in [-0.4, -0.2) is 40.0 Å². The molecule has 4 rings (SSSR count). The Morgan fingerprint density at radius 1 is 1.09 bits per heavy atom. The lowest BCUT2D eigenvalue weighted by Crippen LogP contribution is -2.27. The summed E-state index contributed by atoms with van der Waals surface area (Å²) in [5.74, 6) is -1.23.